The van der Waals surface area contributed by atoms with Crippen LogP contribution < -0.4 is 0 Å². The third-order valence-corrected chi connectivity index (χ3v) is 18.6. The van der Waals surface area contributed by atoms with Crippen molar-refractivity contribution in [1.29, 1.82) is 0 Å². The van der Waals surface area contributed by atoms with Crippen molar-refractivity contribution in [3.63, 3.8) is 0 Å². The highest BCUT2D eigenvalue weighted by molar-refractivity contribution is 7.47. The first-order valence-corrected chi connectivity index (χ1v) is 39.9. The summed E-state index contributed by atoms with van der Waals surface area (Å²) in [5, 5.41) is 10.6. The molecule has 0 amide bonds. The molecular formula is C71H138O17P2. The minimum Gasteiger partial charge on any atom is -0.462 e. The van der Waals surface area contributed by atoms with E-state index in [0.717, 1.165) is 108 Å². The zero-order valence-electron chi connectivity index (χ0n) is 58.6. The number of unbranched alkanes of at least 4 members (excludes halogenated alkanes) is 36. The minimum atomic E-state index is -4.95. The van der Waals surface area contributed by atoms with Gasteiger partial charge in [0.1, 0.15) is 19.3 Å². The molecule has 0 saturated heterocycles. The van der Waals surface area contributed by atoms with Gasteiger partial charge in [0.2, 0.25) is 0 Å². The Labute approximate surface area is 549 Å². The Balaban J connectivity index is 5.25. The van der Waals surface area contributed by atoms with E-state index >= 15 is 0 Å². The fraction of sp³-hybridized carbons (Fsp3) is 0.944. The Bertz CT molecular complexity index is 1770. The number of aliphatic hydroxyl groups is 1. The third kappa shape index (κ3) is 63.5. The lowest BCUT2D eigenvalue weighted by molar-refractivity contribution is -0.161. The van der Waals surface area contributed by atoms with Crippen molar-refractivity contribution in [2.24, 2.45) is 17.8 Å². The molecule has 17 nitrogen and oxygen atoms in total. The standard InChI is InChI=1S/C71H138O17P2/c1-8-10-11-12-13-14-15-16-19-26-31-40-47-54-70(75)88-67(59-82-69(74)53-46-39-34-33-36-43-50-63(5)6)61-86-90(79,80)84-57-65(72)56-83-89(77,78)85-60-66(87-71(76)55-48-41-32-27-20-17-18-23-28-35-42-49-62(3)4)58-81-68(73)52-45-38-30-25-22-21-24-29-37-44-51-64(7)9-2/h62-67,72H,8-61H2,1-7H3,(H,77,78)(H,79,80)/t64?,65-,66-,67-/m1/s1. The summed E-state index contributed by atoms with van der Waals surface area (Å²) in [6.45, 7) is 11.8. The zero-order chi connectivity index (χ0) is 66.6. The molecule has 0 bridgehead atoms. The lowest BCUT2D eigenvalue weighted by atomic mass is 9.99. The average Bonchev–Trinajstić information content (AvgIpc) is 3.63. The van der Waals surface area contributed by atoms with Gasteiger partial charge in [-0.15, -0.1) is 0 Å². The van der Waals surface area contributed by atoms with Gasteiger partial charge in [-0.3, -0.25) is 37.3 Å². The van der Waals surface area contributed by atoms with E-state index < -0.39 is 97.5 Å². The third-order valence-electron chi connectivity index (χ3n) is 16.7. The second-order valence-corrected chi connectivity index (χ2v) is 29.7. The predicted molar refractivity (Wildman–Crippen MR) is 363 cm³/mol. The zero-order valence-corrected chi connectivity index (χ0v) is 60.4. The molecule has 0 rings (SSSR count). The van der Waals surface area contributed by atoms with E-state index in [1.165, 1.54) is 161 Å². The van der Waals surface area contributed by atoms with Gasteiger partial charge in [0.05, 0.1) is 26.4 Å². The van der Waals surface area contributed by atoms with Crippen molar-refractivity contribution >= 4 is 39.5 Å². The van der Waals surface area contributed by atoms with Gasteiger partial charge < -0.3 is 33.8 Å². The maximum absolute atomic E-state index is 13.0. The second kappa shape index (κ2) is 61.9. The van der Waals surface area contributed by atoms with Crippen molar-refractivity contribution in [2.45, 2.75) is 375 Å². The Morgan fingerprint density at radius 3 is 0.844 bits per heavy atom. The quantitative estimate of drug-likeness (QED) is 0.0222. The van der Waals surface area contributed by atoms with Crippen LogP contribution in [0.2, 0.25) is 0 Å². The van der Waals surface area contributed by atoms with Crippen molar-refractivity contribution in [3.8, 4) is 0 Å². The van der Waals surface area contributed by atoms with Crippen LogP contribution in [0, 0.1) is 17.8 Å². The molecule has 0 heterocycles. The topological polar surface area (TPSA) is 237 Å². The predicted octanol–water partition coefficient (Wildman–Crippen LogP) is 20.2. The van der Waals surface area contributed by atoms with Crippen LogP contribution in [0.25, 0.3) is 0 Å². The normalized spacial score (nSPS) is 14.5. The summed E-state index contributed by atoms with van der Waals surface area (Å²) in [6, 6.07) is 0. The number of esters is 4. The average molecular weight is 1330 g/mol. The maximum atomic E-state index is 13.0. The van der Waals surface area contributed by atoms with Gasteiger partial charge in [-0.05, 0) is 43.4 Å². The summed E-state index contributed by atoms with van der Waals surface area (Å²) in [5.74, 6) is 0.129. The van der Waals surface area contributed by atoms with Gasteiger partial charge in [0.25, 0.3) is 0 Å². The molecule has 0 fully saturated rings. The smallest absolute Gasteiger partial charge is 0.462 e. The first kappa shape index (κ1) is 88.1. The monoisotopic (exact) mass is 1320 g/mol. The van der Waals surface area contributed by atoms with Crippen LogP contribution in [0.5, 0.6) is 0 Å². The van der Waals surface area contributed by atoms with E-state index in [-0.39, 0.29) is 25.7 Å². The number of hydrogen-bond donors (Lipinski definition) is 3. The second-order valence-electron chi connectivity index (χ2n) is 26.8. The molecule has 0 radical (unpaired) electrons. The van der Waals surface area contributed by atoms with Crippen molar-refractivity contribution < 1.29 is 80.2 Å². The molecule has 534 valence electrons. The van der Waals surface area contributed by atoms with Crippen LogP contribution in [0.15, 0.2) is 0 Å². The van der Waals surface area contributed by atoms with Gasteiger partial charge in [0, 0.05) is 25.7 Å². The summed E-state index contributed by atoms with van der Waals surface area (Å²) in [7, 11) is -9.90. The molecular weight excluding hydrogens is 1190 g/mol. The first-order valence-electron chi connectivity index (χ1n) is 36.9. The number of aliphatic hydroxyl groups excluding tert-OH is 1. The maximum Gasteiger partial charge on any atom is 0.472 e. The van der Waals surface area contributed by atoms with Crippen LogP contribution in [-0.2, 0) is 65.4 Å². The molecule has 19 heteroatoms. The van der Waals surface area contributed by atoms with Crippen LogP contribution in [0.1, 0.15) is 357 Å². The Morgan fingerprint density at radius 1 is 0.322 bits per heavy atom. The van der Waals surface area contributed by atoms with Crippen molar-refractivity contribution in [1.82, 2.24) is 0 Å². The van der Waals surface area contributed by atoms with Gasteiger partial charge in [-0.2, -0.15) is 0 Å². The lowest BCUT2D eigenvalue weighted by Crippen LogP contribution is -2.30. The first-order chi connectivity index (χ1) is 43.3. The lowest BCUT2D eigenvalue weighted by Gasteiger charge is -2.21. The van der Waals surface area contributed by atoms with Gasteiger partial charge in [-0.25, -0.2) is 9.13 Å². The van der Waals surface area contributed by atoms with E-state index in [2.05, 4.69) is 48.5 Å². The molecule has 90 heavy (non-hydrogen) atoms. The summed E-state index contributed by atoms with van der Waals surface area (Å²) in [4.78, 5) is 72.6. The largest absolute Gasteiger partial charge is 0.472 e. The van der Waals surface area contributed by atoms with Crippen LogP contribution in [0.4, 0.5) is 0 Å². The van der Waals surface area contributed by atoms with Gasteiger partial charge >= 0.3 is 39.5 Å². The highest BCUT2D eigenvalue weighted by atomic mass is 31.2. The Hall–Kier alpha value is -1.94. The van der Waals surface area contributed by atoms with E-state index in [1.807, 2.05) is 0 Å². The molecule has 0 aromatic carbocycles. The highest BCUT2D eigenvalue weighted by Gasteiger charge is 2.30. The van der Waals surface area contributed by atoms with E-state index in [4.69, 9.17) is 37.0 Å². The summed E-state index contributed by atoms with van der Waals surface area (Å²) < 4.78 is 68.3. The fourth-order valence-electron chi connectivity index (χ4n) is 10.7. The number of carbonyl (C=O) groups excluding carboxylic acids is 4. The van der Waals surface area contributed by atoms with Gasteiger partial charge in [0.15, 0.2) is 12.2 Å². The number of phosphoric acid groups is 2. The summed E-state index contributed by atoms with van der Waals surface area (Å²) in [5.41, 5.74) is 0. The number of carbonyl (C=O) groups is 4. The molecule has 0 aliphatic heterocycles. The van der Waals surface area contributed by atoms with Crippen LogP contribution in [-0.4, -0.2) is 96.7 Å². The fourth-order valence-corrected chi connectivity index (χ4v) is 12.3. The van der Waals surface area contributed by atoms with Crippen LogP contribution >= 0.6 is 15.6 Å². The number of phosphoric ester groups is 2. The molecule has 0 aliphatic rings. The van der Waals surface area contributed by atoms with Crippen molar-refractivity contribution in [2.75, 3.05) is 39.6 Å². The number of ether oxygens (including phenoxy) is 4. The minimum absolute atomic E-state index is 0.106. The molecule has 0 spiro atoms. The molecule has 0 aliphatic carbocycles. The van der Waals surface area contributed by atoms with E-state index in [9.17, 15) is 43.2 Å². The Morgan fingerprint density at radius 2 is 0.567 bits per heavy atom. The molecule has 3 unspecified atom stereocenters. The Kier molecular flexibility index (Phi) is 60.6. The summed E-state index contributed by atoms with van der Waals surface area (Å²) in [6.07, 6.45) is 45.8. The van der Waals surface area contributed by atoms with Crippen LogP contribution in [0.3, 0.4) is 0 Å². The molecule has 3 N–H and O–H groups in total. The number of hydrogen-bond acceptors (Lipinski definition) is 15. The summed E-state index contributed by atoms with van der Waals surface area (Å²) >= 11 is 0. The molecule has 0 saturated carbocycles. The SMILES string of the molecule is CCCCCCCCCCCCCCCC(=O)O[C@H](COC(=O)CCCCCCCCC(C)C)COP(=O)(O)OC[C@H](O)COP(=O)(O)OC[C@@H](COC(=O)CCCCCCCCCCCCC(C)CC)OC(=O)CCCCCCCCCCCCCC(C)C. The van der Waals surface area contributed by atoms with E-state index in [1.54, 1.807) is 0 Å². The molecule has 6 atom stereocenters. The van der Waals surface area contributed by atoms with E-state index in [0.29, 0.717) is 31.6 Å². The highest BCUT2D eigenvalue weighted by Crippen LogP contribution is 2.45. The molecule has 0 aromatic rings. The number of rotatable bonds is 69. The van der Waals surface area contributed by atoms with Crippen molar-refractivity contribution in [3.05, 3.63) is 0 Å². The van der Waals surface area contributed by atoms with Gasteiger partial charge in [-0.1, -0.05) is 305 Å². The molecule has 0 aromatic heterocycles.